The predicted molar refractivity (Wildman–Crippen MR) is 84.5 cm³/mol. The molecule has 0 aromatic heterocycles. The molecule has 0 N–H and O–H groups in total. The molecule has 0 spiro atoms. The van der Waals surface area contributed by atoms with Crippen molar-refractivity contribution in [2.24, 2.45) is 5.41 Å². The maximum absolute atomic E-state index is 2.33. The second kappa shape index (κ2) is 5.21. The van der Waals surface area contributed by atoms with Crippen LogP contribution in [0.25, 0.3) is 11.1 Å². The fourth-order valence-corrected chi connectivity index (χ4v) is 2.51. The molecule has 0 radical (unpaired) electrons. The lowest BCUT2D eigenvalue weighted by molar-refractivity contribution is 0.411. The molecule has 2 aromatic rings. The summed E-state index contributed by atoms with van der Waals surface area (Å²) in [7, 11) is 0. The smallest absolute Gasteiger partial charge is 0.0155 e. The number of hydrogen-bond donors (Lipinski definition) is 0. The van der Waals surface area contributed by atoms with Gasteiger partial charge in [0.25, 0.3) is 0 Å². The van der Waals surface area contributed by atoms with E-state index in [4.69, 9.17) is 0 Å². The molecule has 0 saturated carbocycles. The van der Waals surface area contributed by atoms with Crippen molar-refractivity contribution in [3.05, 3.63) is 59.2 Å². The summed E-state index contributed by atoms with van der Waals surface area (Å²) in [6.45, 7) is 11.2. The molecule has 0 bridgehead atoms. The Morgan fingerprint density at radius 1 is 0.842 bits per heavy atom. The zero-order chi connectivity index (χ0) is 14.0. The van der Waals surface area contributed by atoms with Crippen molar-refractivity contribution < 1.29 is 0 Å². The van der Waals surface area contributed by atoms with Gasteiger partial charge in [-0.05, 0) is 47.9 Å². The third-order valence-electron chi connectivity index (χ3n) is 3.39. The summed E-state index contributed by atoms with van der Waals surface area (Å²) in [6.07, 6.45) is 1.13. The average Bonchev–Trinajstić information content (AvgIpc) is 2.29. The van der Waals surface area contributed by atoms with E-state index < -0.39 is 0 Å². The van der Waals surface area contributed by atoms with Crippen LogP contribution in [-0.2, 0) is 6.42 Å². The van der Waals surface area contributed by atoms with E-state index in [9.17, 15) is 0 Å². The van der Waals surface area contributed by atoms with E-state index in [0.717, 1.165) is 6.42 Å². The minimum Gasteiger partial charge on any atom is -0.0599 e. The average molecular weight is 252 g/mol. The molecule has 19 heavy (non-hydrogen) atoms. The Morgan fingerprint density at radius 3 is 2.00 bits per heavy atom. The van der Waals surface area contributed by atoms with Crippen LogP contribution in [0, 0.1) is 19.3 Å². The van der Waals surface area contributed by atoms with Crippen LogP contribution in [0.5, 0.6) is 0 Å². The summed E-state index contributed by atoms with van der Waals surface area (Å²) in [6, 6.07) is 15.6. The highest BCUT2D eigenvalue weighted by Gasteiger charge is 2.12. The third-order valence-corrected chi connectivity index (χ3v) is 3.39. The lowest BCUT2D eigenvalue weighted by Crippen LogP contribution is -2.09. The van der Waals surface area contributed by atoms with Crippen molar-refractivity contribution >= 4 is 0 Å². The molecular weight excluding hydrogens is 228 g/mol. The van der Waals surface area contributed by atoms with Crippen LogP contribution < -0.4 is 0 Å². The maximum atomic E-state index is 2.33. The second-order valence-corrected chi connectivity index (χ2v) is 6.75. The molecule has 100 valence electrons. The van der Waals surface area contributed by atoms with Gasteiger partial charge in [0.15, 0.2) is 0 Å². The Hall–Kier alpha value is -1.56. The molecular formula is C19H24. The molecule has 0 saturated heterocycles. The molecule has 0 atom stereocenters. The van der Waals surface area contributed by atoms with E-state index in [1.807, 2.05) is 0 Å². The van der Waals surface area contributed by atoms with E-state index in [0.29, 0.717) is 5.41 Å². The van der Waals surface area contributed by atoms with Gasteiger partial charge in [0.05, 0.1) is 0 Å². The number of rotatable bonds is 2. The van der Waals surface area contributed by atoms with Crippen molar-refractivity contribution in [2.45, 2.75) is 41.0 Å². The fourth-order valence-electron chi connectivity index (χ4n) is 2.51. The zero-order valence-corrected chi connectivity index (χ0v) is 12.7. The highest BCUT2D eigenvalue weighted by molar-refractivity contribution is 5.67. The standard InChI is InChI=1S/C19H24/c1-14-6-9-17(10-7-14)18-11-8-16(12-15(18)2)13-19(3,4)5/h6-12H,13H2,1-5H3. The molecule has 0 aliphatic heterocycles. The van der Waals surface area contributed by atoms with E-state index in [-0.39, 0.29) is 0 Å². The van der Waals surface area contributed by atoms with Crippen LogP contribution in [-0.4, -0.2) is 0 Å². The normalized spacial score (nSPS) is 11.6. The van der Waals surface area contributed by atoms with Gasteiger partial charge in [-0.15, -0.1) is 0 Å². The van der Waals surface area contributed by atoms with Gasteiger partial charge < -0.3 is 0 Å². The first kappa shape index (κ1) is 13.9. The summed E-state index contributed by atoms with van der Waals surface area (Å²) < 4.78 is 0. The molecule has 2 rings (SSSR count). The largest absolute Gasteiger partial charge is 0.0599 e. The molecule has 0 heterocycles. The van der Waals surface area contributed by atoms with Gasteiger partial charge in [-0.2, -0.15) is 0 Å². The molecule has 0 heteroatoms. The van der Waals surface area contributed by atoms with Gasteiger partial charge in [0, 0.05) is 0 Å². The Kier molecular flexibility index (Phi) is 3.80. The summed E-state index contributed by atoms with van der Waals surface area (Å²) in [5, 5.41) is 0. The first-order valence-corrected chi connectivity index (χ1v) is 7.02. The van der Waals surface area contributed by atoms with Crippen LogP contribution in [0.15, 0.2) is 42.5 Å². The molecule has 0 aliphatic carbocycles. The highest BCUT2D eigenvalue weighted by Crippen LogP contribution is 2.27. The van der Waals surface area contributed by atoms with Crippen molar-refractivity contribution in [2.75, 3.05) is 0 Å². The fraction of sp³-hybridized carbons (Fsp3) is 0.368. The van der Waals surface area contributed by atoms with Crippen LogP contribution in [0.2, 0.25) is 0 Å². The van der Waals surface area contributed by atoms with Crippen molar-refractivity contribution in [1.29, 1.82) is 0 Å². The van der Waals surface area contributed by atoms with Crippen LogP contribution in [0.1, 0.15) is 37.5 Å². The summed E-state index contributed by atoms with van der Waals surface area (Å²) in [5.74, 6) is 0. The summed E-state index contributed by atoms with van der Waals surface area (Å²) in [4.78, 5) is 0. The first-order chi connectivity index (χ1) is 8.85. The Balaban J connectivity index is 2.31. The molecule has 0 unspecified atom stereocenters. The molecule has 0 aliphatic rings. The quantitative estimate of drug-likeness (QED) is 0.656. The number of hydrogen-bond acceptors (Lipinski definition) is 0. The first-order valence-electron chi connectivity index (χ1n) is 7.02. The van der Waals surface area contributed by atoms with Gasteiger partial charge in [0.2, 0.25) is 0 Å². The van der Waals surface area contributed by atoms with Gasteiger partial charge in [-0.3, -0.25) is 0 Å². The highest BCUT2D eigenvalue weighted by atomic mass is 14.2. The van der Waals surface area contributed by atoms with Gasteiger partial charge >= 0.3 is 0 Å². The van der Waals surface area contributed by atoms with Gasteiger partial charge in [0.1, 0.15) is 0 Å². The summed E-state index contributed by atoms with van der Waals surface area (Å²) >= 11 is 0. The number of aryl methyl sites for hydroxylation is 2. The SMILES string of the molecule is Cc1ccc(-c2ccc(CC(C)(C)C)cc2C)cc1. The van der Waals surface area contributed by atoms with Crippen molar-refractivity contribution in [3.63, 3.8) is 0 Å². The Labute approximate surface area is 117 Å². The van der Waals surface area contributed by atoms with Crippen LogP contribution >= 0.6 is 0 Å². The molecule has 0 amide bonds. The molecule has 2 aromatic carbocycles. The Bertz CT molecular complexity index is 554. The Morgan fingerprint density at radius 2 is 1.47 bits per heavy atom. The van der Waals surface area contributed by atoms with E-state index in [2.05, 4.69) is 77.1 Å². The lowest BCUT2D eigenvalue weighted by Gasteiger charge is -2.19. The van der Waals surface area contributed by atoms with Crippen molar-refractivity contribution in [3.8, 4) is 11.1 Å². The van der Waals surface area contributed by atoms with E-state index in [1.54, 1.807) is 0 Å². The zero-order valence-electron chi connectivity index (χ0n) is 12.7. The van der Waals surface area contributed by atoms with Crippen LogP contribution in [0.4, 0.5) is 0 Å². The third kappa shape index (κ3) is 3.70. The van der Waals surface area contributed by atoms with Gasteiger partial charge in [-0.25, -0.2) is 0 Å². The van der Waals surface area contributed by atoms with E-state index >= 15 is 0 Å². The maximum Gasteiger partial charge on any atom is -0.0155 e. The molecule has 0 nitrogen and oxygen atoms in total. The lowest BCUT2D eigenvalue weighted by atomic mass is 9.86. The molecule has 0 fully saturated rings. The minimum atomic E-state index is 0.345. The van der Waals surface area contributed by atoms with Crippen LogP contribution in [0.3, 0.4) is 0 Å². The second-order valence-electron chi connectivity index (χ2n) is 6.75. The van der Waals surface area contributed by atoms with E-state index in [1.165, 1.54) is 27.8 Å². The minimum absolute atomic E-state index is 0.345. The summed E-state index contributed by atoms with van der Waals surface area (Å²) in [5.41, 5.74) is 7.11. The monoisotopic (exact) mass is 252 g/mol. The number of benzene rings is 2. The predicted octanol–water partition coefficient (Wildman–Crippen LogP) is 5.56. The van der Waals surface area contributed by atoms with Crippen molar-refractivity contribution in [1.82, 2.24) is 0 Å². The van der Waals surface area contributed by atoms with Gasteiger partial charge in [-0.1, -0.05) is 68.8 Å². The topological polar surface area (TPSA) is 0 Å².